The molecular formula is C30H29F4N4O6PS. The lowest BCUT2D eigenvalue weighted by molar-refractivity contribution is -0.149. The SMILES string of the molecule is O=C(N[C@H]1C[C@H]2[C@@H](C[C@H]3CC[C@@H](C(=O)N4CC(c5cccnc5)C4)N3C1=O)C2(F)F)c1cc2cc(C(F)(F)P(=O)(O)O)ccc2s1. The summed E-state index contributed by atoms with van der Waals surface area (Å²) in [6, 6.07) is 5.16. The molecule has 0 bridgehead atoms. The van der Waals surface area contributed by atoms with Crippen molar-refractivity contribution in [2.45, 2.75) is 61.3 Å². The summed E-state index contributed by atoms with van der Waals surface area (Å²) < 4.78 is 69.9. The zero-order valence-corrected chi connectivity index (χ0v) is 25.8. The maximum Gasteiger partial charge on any atom is 0.399 e. The zero-order valence-electron chi connectivity index (χ0n) is 24.1. The molecule has 2 aromatic heterocycles. The Morgan fingerprint density at radius 2 is 1.83 bits per heavy atom. The van der Waals surface area contributed by atoms with E-state index in [0.29, 0.717) is 30.6 Å². The number of amides is 3. The molecule has 244 valence electrons. The molecule has 16 heteroatoms. The molecule has 46 heavy (non-hydrogen) atoms. The summed E-state index contributed by atoms with van der Waals surface area (Å²) in [6.45, 7) is 0.898. The zero-order chi connectivity index (χ0) is 32.8. The number of hydrogen-bond donors (Lipinski definition) is 3. The molecule has 4 fully saturated rings. The van der Waals surface area contributed by atoms with Gasteiger partial charge >= 0.3 is 13.3 Å². The van der Waals surface area contributed by atoms with Gasteiger partial charge in [0.15, 0.2) is 0 Å². The Bertz CT molecular complexity index is 1780. The molecule has 1 saturated carbocycles. The van der Waals surface area contributed by atoms with Crippen molar-refractivity contribution in [3.8, 4) is 0 Å². The van der Waals surface area contributed by atoms with Crippen LogP contribution in [0, 0.1) is 11.8 Å². The monoisotopic (exact) mass is 680 g/mol. The fourth-order valence-corrected chi connectivity index (χ4v) is 8.60. The molecule has 3 aliphatic heterocycles. The number of nitrogens with one attached hydrogen (secondary N) is 1. The Hall–Kier alpha value is -3.39. The Kier molecular flexibility index (Phi) is 7.35. The smallest absolute Gasteiger partial charge is 0.340 e. The van der Waals surface area contributed by atoms with E-state index < -0.39 is 66.5 Å². The van der Waals surface area contributed by atoms with E-state index in [0.717, 1.165) is 29.0 Å². The van der Waals surface area contributed by atoms with Gasteiger partial charge in [0.1, 0.15) is 12.1 Å². The first-order chi connectivity index (χ1) is 21.7. The highest BCUT2D eigenvalue weighted by Gasteiger charge is 2.70. The lowest BCUT2D eigenvalue weighted by Crippen LogP contribution is -2.59. The van der Waals surface area contributed by atoms with Crippen molar-refractivity contribution >= 4 is 46.7 Å². The second kappa shape index (κ2) is 10.8. The highest BCUT2D eigenvalue weighted by molar-refractivity contribution is 7.52. The molecule has 5 atom stereocenters. The summed E-state index contributed by atoms with van der Waals surface area (Å²) in [5.41, 5.74) is -4.38. The molecule has 0 unspecified atom stereocenters. The molecule has 5 heterocycles. The van der Waals surface area contributed by atoms with Crippen LogP contribution in [0.3, 0.4) is 0 Å². The fourth-order valence-electron chi connectivity index (χ4n) is 7.18. The Labute approximate surface area is 263 Å². The van der Waals surface area contributed by atoms with Crippen molar-refractivity contribution in [3.05, 3.63) is 64.8 Å². The third-order valence-electron chi connectivity index (χ3n) is 9.83. The van der Waals surface area contributed by atoms with Crippen LogP contribution in [-0.4, -0.2) is 79.4 Å². The number of rotatable bonds is 6. The molecule has 10 nitrogen and oxygen atoms in total. The molecule has 1 aliphatic carbocycles. The van der Waals surface area contributed by atoms with Crippen molar-refractivity contribution in [1.82, 2.24) is 20.1 Å². The van der Waals surface area contributed by atoms with Crippen LogP contribution in [0.1, 0.15) is 52.4 Å². The minimum Gasteiger partial charge on any atom is -0.340 e. The molecule has 1 aromatic carbocycles. The molecule has 0 spiro atoms. The highest BCUT2D eigenvalue weighted by atomic mass is 32.1. The van der Waals surface area contributed by atoms with Gasteiger partial charge in [0.05, 0.1) is 4.88 Å². The fraction of sp³-hybridized carbons (Fsp3) is 0.467. The van der Waals surface area contributed by atoms with E-state index in [4.69, 9.17) is 9.79 Å². The number of nitrogens with zero attached hydrogens (tertiary/aromatic N) is 3. The summed E-state index contributed by atoms with van der Waals surface area (Å²) in [5, 5.41) is 2.69. The first kappa shape index (κ1) is 31.2. The molecule has 4 aliphatic rings. The first-order valence-electron chi connectivity index (χ1n) is 14.8. The Balaban J connectivity index is 1.11. The number of carbonyl (C=O) groups excluding carboxylic acids is 3. The van der Waals surface area contributed by atoms with Crippen LogP contribution < -0.4 is 5.32 Å². The van der Waals surface area contributed by atoms with Crippen LogP contribution in [0.5, 0.6) is 0 Å². The summed E-state index contributed by atoms with van der Waals surface area (Å²) in [6.07, 6.45) is 3.87. The van der Waals surface area contributed by atoms with Crippen molar-refractivity contribution < 1.29 is 46.3 Å². The predicted molar refractivity (Wildman–Crippen MR) is 157 cm³/mol. The summed E-state index contributed by atoms with van der Waals surface area (Å²) in [7, 11) is -5.82. The quantitative estimate of drug-likeness (QED) is 0.261. The van der Waals surface area contributed by atoms with Crippen LogP contribution in [0.2, 0.25) is 0 Å². The van der Waals surface area contributed by atoms with E-state index in [-0.39, 0.29) is 34.9 Å². The van der Waals surface area contributed by atoms with Gasteiger partial charge in [-0.2, -0.15) is 8.78 Å². The summed E-state index contributed by atoms with van der Waals surface area (Å²) in [5.74, 6) is -6.63. The average molecular weight is 681 g/mol. The third kappa shape index (κ3) is 5.11. The van der Waals surface area contributed by atoms with Crippen LogP contribution in [0.25, 0.3) is 10.1 Å². The van der Waals surface area contributed by atoms with Gasteiger partial charge in [0, 0.05) is 59.5 Å². The average Bonchev–Trinajstić information content (AvgIpc) is 3.35. The lowest BCUT2D eigenvalue weighted by atomic mass is 9.92. The van der Waals surface area contributed by atoms with E-state index in [1.54, 1.807) is 17.3 Å². The number of benzene rings is 1. The normalized spacial score (nSPS) is 27.8. The van der Waals surface area contributed by atoms with E-state index >= 15 is 0 Å². The van der Waals surface area contributed by atoms with Crippen molar-refractivity contribution in [1.29, 1.82) is 0 Å². The third-order valence-corrected chi connectivity index (χ3v) is 11.9. The molecule has 3 aromatic rings. The second-order valence-electron chi connectivity index (χ2n) is 12.6. The van der Waals surface area contributed by atoms with E-state index in [1.807, 2.05) is 12.1 Å². The molecule has 0 radical (unpaired) electrons. The Morgan fingerprint density at radius 1 is 1.09 bits per heavy atom. The summed E-state index contributed by atoms with van der Waals surface area (Å²) >= 11 is 0.891. The minimum atomic E-state index is -5.82. The standard InChI is InChI=1S/C30H29F4N4O6PS/c31-29(32)20-10-19-4-5-23(28(41)37-13-17(14-37)15-2-1-7-35-12-15)38(19)27(40)22(11-21(20)29)36-26(39)25-9-16-8-18(3-6-24(16)46-25)30(33,34)45(42,43)44/h1-3,6-9,12,17,19-23H,4-5,10-11,13-14H2,(H,36,39)(H2,42,43,44)/t19-,20-,21+,22+,23+/m1/s1. The van der Waals surface area contributed by atoms with Gasteiger partial charge in [0.25, 0.3) is 11.8 Å². The van der Waals surface area contributed by atoms with Crippen molar-refractivity contribution in [3.63, 3.8) is 0 Å². The molecule has 7 rings (SSSR count). The minimum absolute atomic E-state index is 0.00627. The van der Waals surface area contributed by atoms with Gasteiger partial charge < -0.3 is 24.9 Å². The number of fused-ring (bicyclic) bond motifs is 3. The number of pyridine rings is 1. The summed E-state index contributed by atoms with van der Waals surface area (Å²) in [4.78, 5) is 66.3. The second-order valence-corrected chi connectivity index (χ2v) is 15.3. The molecular weight excluding hydrogens is 651 g/mol. The maximum atomic E-state index is 14.9. The Morgan fingerprint density at radius 3 is 2.52 bits per heavy atom. The van der Waals surface area contributed by atoms with Gasteiger partial charge in [-0.05, 0) is 60.9 Å². The molecule has 3 N–H and O–H groups in total. The number of halogens is 4. The number of carbonyl (C=O) groups is 3. The number of alkyl halides is 4. The van der Waals surface area contributed by atoms with Crippen LogP contribution in [0.15, 0.2) is 48.8 Å². The van der Waals surface area contributed by atoms with Crippen LogP contribution in [0.4, 0.5) is 17.6 Å². The van der Waals surface area contributed by atoms with E-state index in [2.05, 4.69) is 10.3 Å². The largest absolute Gasteiger partial charge is 0.399 e. The van der Waals surface area contributed by atoms with Gasteiger partial charge in [-0.3, -0.25) is 23.9 Å². The number of likely N-dealkylation sites (tertiary alicyclic amines) is 1. The first-order valence-corrected chi connectivity index (χ1v) is 17.3. The molecule has 3 amide bonds. The topological polar surface area (TPSA) is 140 Å². The number of aromatic nitrogens is 1. The van der Waals surface area contributed by atoms with Crippen LogP contribution in [-0.2, 0) is 19.8 Å². The van der Waals surface area contributed by atoms with Gasteiger partial charge in [-0.15, -0.1) is 11.3 Å². The van der Waals surface area contributed by atoms with Gasteiger partial charge in [0.2, 0.25) is 11.8 Å². The number of hydrogen-bond acceptors (Lipinski definition) is 6. The molecule has 3 saturated heterocycles. The van der Waals surface area contributed by atoms with Gasteiger partial charge in [-0.25, -0.2) is 8.78 Å². The van der Waals surface area contributed by atoms with E-state index in [9.17, 15) is 36.5 Å². The van der Waals surface area contributed by atoms with Gasteiger partial charge in [-0.1, -0.05) is 12.1 Å². The van der Waals surface area contributed by atoms with Crippen LogP contribution >= 0.6 is 18.9 Å². The number of thiophene rings is 1. The van der Waals surface area contributed by atoms with Crippen molar-refractivity contribution in [2.75, 3.05) is 13.1 Å². The maximum absolute atomic E-state index is 14.9. The lowest BCUT2D eigenvalue weighted by Gasteiger charge is -2.43. The van der Waals surface area contributed by atoms with E-state index in [1.165, 1.54) is 17.0 Å². The highest BCUT2D eigenvalue weighted by Crippen LogP contribution is 2.62. The van der Waals surface area contributed by atoms with Crippen molar-refractivity contribution in [2.24, 2.45) is 11.8 Å². The predicted octanol–water partition coefficient (Wildman–Crippen LogP) is 4.28.